The van der Waals surface area contributed by atoms with Crippen molar-refractivity contribution in [3.05, 3.63) is 52.0 Å². The van der Waals surface area contributed by atoms with Gasteiger partial charge in [0.15, 0.2) is 11.0 Å². The van der Waals surface area contributed by atoms with E-state index in [4.69, 9.17) is 28.3 Å². The zero-order chi connectivity index (χ0) is 13.8. The number of aromatic nitrogens is 2. The van der Waals surface area contributed by atoms with Crippen LogP contribution in [0.1, 0.15) is 11.4 Å². The van der Waals surface area contributed by atoms with Gasteiger partial charge in [0.25, 0.3) is 0 Å². The Labute approximate surface area is 119 Å². The summed E-state index contributed by atoms with van der Waals surface area (Å²) in [5, 5.41) is 8.92. The van der Waals surface area contributed by atoms with Crippen LogP contribution in [0, 0.1) is 11.8 Å². The summed E-state index contributed by atoms with van der Waals surface area (Å²) in [6, 6.07) is 9.26. The quantitative estimate of drug-likeness (QED) is 0.867. The van der Waals surface area contributed by atoms with Gasteiger partial charge in [-0.3, -0.25) is 9.36 Å². The van der Waals surface area contributed by atoms with Gasteiger partial charge in [0.05, 0.1) is 0 Å². The summed E-state index contributed by atoms with van der Waals surface area (Å²) in [5.41, 5.74) is 0.791. The third kappa shape index (κ3) is 3.28. The third-order valence-corrected chi connectivity index (χ3v) is 3.00. The van der Waals surface area contributed by atoms with Crippen molar-refractivity contribution in [1.29, 1.82) is 0 Å². The fourth-order valence-corrected chi connectivity index (χ4v) is 1.79. The van der Waals surface area contributed by atoms with Crippen LogP contribution in [0.5, 0.6) is 0 Å². The Balaban J connectivity index is 2.38. The lowest BCUT2D eigenvalue weighted by Crippen LogP contribution is -2.10. The van der Waals surface area contributed by atoms with E-state index in [-0.39, 0.29) is 22.7 Å². The van der Waals surface area contributed by atoms with Crippen molar-refractivity contribution in [3.63, 3.8) is 0 Å². The van der Waals surface area contributed by atoms with Gasteiger partial charge in [-0.1, -0.05) is 47.3 Å². The molecule has 1 heterocycles. The molecular formula is C13H8Cl2N2O2. The second kappa shape index (κ2) is 5.79. The fourth-order valence-electron chi connectivity index (χ4n) is 1.43. The molecular weight excluding hydrogens is 287 g/mol. The van der Waals surface area contributed by atoms with Crippen LogP contribution in [0.25, 0.3) is 0 Å². The molecule has 4 nitrogen and oxygen atoms in total. The van der Waals surface area contributed by atoms with E-state index in [0.717, 1.165) is 5.56 Å². The van der Waals surface area contributed by atoms with Crippen LogP contribution in [-0.2, 0) is 11.3 Å². The number of halogens is 2. The van der Waals surface area contributed by atoms with Gasteiger partial charge in [-0.15, -0.1) is 0 Å². The number of benzene rings is 1. The lowest BCUT2D eigenvalue weighted by Gasteiger charge is -2.00. The van der Waals surface area contributed by atoms with Crippen LogP contribution < -0.4 is 0 Å². The Kier molecular flexibility index (Phi) is 4.10. The Morgan fingerprint density at radius 3 is 2.58 bits per heavy atom. The highest BCUT2D eigenvalue weighted by atomic mass is 35.5. The Bertz CT molecular complexity index is 669. The number of imidazole rings is 1. The zero-order valence-corrected chi connectivity index (χ0v) is 11.1. The molecule has 0 radical (unpaired) electrons. The van der Waals surface area contributed by atoms with E-state index in [9.17, 15) is 4.79 Å². The smallest absolute Gasteiger partial charge is 0.323 e. The van der Waals surface area contributed by atoms with Crippen molar-refractivity contribution in [3.8, 4) is 11.8 Å². The predicted octanol–water partition coefficient (Wildman–Crippen LogP) is 2.67. The molecule has 1 aromatic heterocycles. The van der Waals surface area contributed by atoms with Gasteiger partial charge >= 0.3 is 5.97 Å². The van der Waals surface area contributed by atoms with E-state index in [2.05, 4.69) is 16.8 Å². The molecule has 19 heavy (non-hydrogen) atoms. The van der Waals surface area contributed by atoms with Gasteiger partial charge in [0, 0.05) is 5.56 Å². The minimum absolute atomic E-state index is 0.0419. The average Bonchev–Trinajstić information content (AvgIpc) is 2.65. The molecule has 96 valence electrons. The monoisotopic (exact) mass is 294 g/mol. The molecule has 0 aliphatic rings. The molecule has 0 aliphatic heterocycles. The lowest BCUT2D eigenvalue weighted by molar-refractivity contribution is -0.137. The third-order valence-electron chi connectivity index (χ3n) is 2.25. The summed E-state index contributed by atoms with van der Waals surface area (Å²) >= 11 is 11.7. The second-order valence-electron chi connectivity index (χ2n) is 3.61. The number of carboxylic acids is 1. The summed E-state index contributed by atoms with van der Waals surface area (Å²) in [6.45, 7) is -0.336. The van der Waals surface area contributed by atoms with Crippen LogP contribution in [0.15, 0.2) is 30.3 Å². The Hall–Kier alpha value is -1.96. The van der Waals surface area contributed by atoms with Gasteiger partial charge < -0.3 is 5.11 Å². The molecule has 0 saturated heterocycles. The van der Waals surface area contributed by atoms with Gasteiger partial charge in [0.1, 0.15) is 11.7 Å². The molecule has 0 spiro atoms. The predicted molar refractivity (Wildman–Crippen MR) is 72.3 cm³/mol. The van der Waals surface area contributed by atoms with Gasteiger partial charge in [0.2, 0.25) is 0 Å². The fraction of sp³-hybridized carbons (Fsp3) is 0.0769. The lowest BCUT2D eigenvalue weighted by atomic mass is 10.2. The average molecular weight is 295 g/mol. The van der Waals surface area contributed by atoms with E-state index >= 15 is 0 Å². The molecule has 0 bridgehead atoms. The van der Waals surface area contributed by atoms with Crippen molar-refractivity contribution >= 4 is 29.2 Å². The van der Waals surface area contributed by atoms with Crippen molar-refractivity contribution in [1.82, 2.24) is 9.55 Å². The summed E-state index contributed by atoms with van der Waals surface area (Å²) in [7, 11) is 0. The zero-order valence-electron chi connectivity index (χ0n) is 9.60. The second-order valence-corrected chi connectivity index (χ2v) is 4.33. The molecule has 2 rings (SSSR count). The normalized spacial score (nSPS) is 9.79. The first kappa shape index (κ1) is 13.5. The summed E-state index contributed by atoms with van der Waals surface area (Å²) in [5.74, 6) is 4.82. The van der Waals surface area contributed by atoms with E-state index < -0.39 is 5.97 Å². The van der Waals surface area contributed by atoms with Crippen LogP contribution in [-0.4, -0.2) is 20.6 Å². The minimum atomic E-state index is -1.04. The molecule has 1 N–H and O–H groups in total. The van der Waals surface area contributed by atoms with Crippen molar-refractivity contribution in [2.24, 2.45) is 0 Å². The van der Waals surface area contributed by atoms with Crippen LogP contribution in [0.2, 0.25) is 10.3 Å². The molecule has 0 unspecified atom stereocenters. The minimum Gasteiger partial charge on any atom is -0.480 e. The highest BCUT2D eigenvalue weighted by molar-refractivity contribution is 6.40. The van der Waals surface area contributed by atoms with Crippen molar-refractivity contribution in [2.45, 2.75) is 6.54 Å². The number of hydrogen-bond acceptors (Lipinski definition) is 2. The topological polar surface area (TPSA) is 55.1 Å². The first-order chi connectivity index (χ1) is 9.08. The number of aliphatic carboxylic acids is 1. The Morgan fingerprint density at radius 2 is 1.95 bits per heavy atom. The molecule has 2 aromatic rings. The molecule has 0 saturated carbocycles. The van der Waals surface area contributed by atoms with E-state index in [0.29, 0.717) is 0 Å². The number of hydrogen-bond donors (Lipinski definition) is 1. The molecule has 6 heteroatoms. The maximum absolute atomic E-state index is 10.8. The SMILES string of the molecule is O=C(O)Cn1c(C#Cc2ccccc2)nc(Cl)c1Cl. The number of nitrogens with zero attached hydrogens (tertiary/aromatic N) is 2. The van der Waals surface area contributed by atoms with Crippen LogP contribution in [0.3, 0.4) is 0 Å². The highest BCUT2D eigenvalue weighted by Crippen LogP contribution is 2.22. The molecule has 0 aliphatic carbocycles. The van der Waals surface area contributed by atoms with Gasteiger partial charge in [-0.05, 0) is 18.1 Å². The van der Waals surface area contributed by atoms with Gasteiger partial charge in [-0.2, -0.15) is 0 Å². The van der Waals surface area contributed by atoms with E-state index in [1.807, 2.05) is 30.3 Å². The van der Waals surface area contributed by atoms with Crippen molar-refractivity contribution in [2.75, 3.05) is 0 Å². The first-order valence-electron chi connectivity index (χ1n) is 5.28. The van der Waals surface area contributed by atoms with E-state index in [1.165, 1.54) is 4.57 Å². The van der Waals surface area contributed by atoms with Crippen LogP contribution in [0.4, 0.5) is 0 Å². The maximum atomic E-state index is 10.8. The van der Waals surface area contributed by atoms with Crippen LogP contribution >= 0.6 is 23.2 Å². The standard InChI is InChI=1S/C13H8Cl2N2O2/c14-12-13(15)17(8-11(18)19)10(16-12)7-6-9-4-2-1-3-5-9/h1-5H,8H2,(H,18,19). The molecule has 1 aromatic carbocycles. The molecule has 0 atom stereocenters. The van der Waals surface area contributed by atoms with Crippen molar-refractivity contribution < 1.29 is 9.90 Å². The van der Waals surface area contributed by atoms with E-state index in [1.54, 1.807) is 0 Å². The highest BCUT2D eigenvalue weighted by Gasteiger charge is 2.14. The largest absolute Gasteiger partial charge is 0.480 e. The number of rotatable bonds is 2. The molecule has 0 amide bonds. The number of carboxylic acid groups (broad SMARTS) is 1. The summed E-state index contributed by atoms with van der Waals surface area (Å²) < 4.78 is 1.25. The first-order valence-corrected chi connectivity index (χ1v) is 6.04. The maximum Gasteiger partial charge on any atom is 0.323 e. The summed E-state index contributed by atoms with van der Waals surface area (Å²) in [6.07, 6.45) is 0. The molecule has 0 fully saturated rings. The number of carbonyl (C=O) groups is 1. The Morgan fingerprint density at radius 1 is 1.26 bits per heavy atom. The van der Waals surface area contributed by atoms with Gasteiger partial charge in [-0.25, -0.2) is 4.98 Å². The summed E-state index contributed by atoms with van der Waals surface area (Å²) in [4.78, 5) is 14.7.